The molecule has 4 N–H and O–H groups in total. The number of carboxylic acids is 1. The summed E-state index contributed by atoms with van der Waals surface area (Å²) in [6.45, 7) is 0. The van der Waals surface area contributed by atoms with Crippen LogP contribution in [0.3, 0.4) is 0 Å². The molecule has 0 fully saturated rings. The van der Waals surface area contributed by atoms with Crippen molar-refractivity contribution in [3.63, 3.8) is 0 Å². The van der Waals surface area contributed by atoms with Gasteiger partial charge in [0.1, 0.15) is 0 Å². The molecule has 0 aromatic heterocycles. The minimum absolute atomic E-state index is 0.211. The van der Waals surface area contributed by atoms with Crippen LogP contribution in [0.15, 0.2) is 24.3 Å². The number of hydrogen-bond donors (Lipinski definition) is 3. The Hall–Kier alpha value is -1.88. The number of aliphatic hydroxyl groups excluding tert-OH is 1. The van der Waals surface area contributed by atoms with Crippen LogP contribution < -0.4 is 5.73 Å². The molecule has 1 aromatic carbocycles. The molecular weight excluding hydrogens is 186 g/mol. The fraction of sp³-hybridized carbons (Fsp3) is 0.111. The number of carboxylic acid groups (broad SMARTS) is 1. The summed E-state index contributed by atoms with van der Waals surface area (Å²) in [6.07, 6.45) is -1.57. The highest BCUT2D eigenvalue weighted by atomic mass is 16.4. The Morgan fingerprint density at radius 1 is 1.21 bits per heavy atom. The first-order valence-electron chi connectivity index (χ1n) is 3.83. The maximum Gasteiger partial charge on any atom is 0.337 e. The minimum Gasteiger partial charge on any atom is -0.479 e. The Kier molecular flexibility index (Phi) is 2.83. The van der Waals surface area contributed by atoms with Crippen molar-refractivity contribution < 1.29 is 19.8 Å². The van der Waals surface area contributed by atoms with Crippen molar-refractivity contribution in [3.8, 4) is 0 Å². The Balaban J connectivity index is 2.94. The van der Waals surface area contributed by atoms with E-state index in [4.69, 9.17) is 15.9 Å². The molecule has 0 spiro atoms. The molecule has 14 heavy (non-hydrogen) atoms. The van der Waals surface area contributed by atoms with E-state index < -0.39 is 18.0 Å². The van der Waals surface area contributed by atoms with Crippen molar-refractivity contribution in [1.29, 1.82) is 0 Å². The molecule has 1 rings (SSSR count). The summed E-state index contributed by atoms with van der Waals surface area (Å²) in [6, 6.07) is 5.42. The number of nitrogens with two attached hydrogens (primary N) is 1. The van der Waals surface area contributed by atoms with Gasteiger partial charge >= 0.3 is 5.97 Å². The van der Waals surface area contributed by atoms with E-state index in [1.807, 2.05) is 0 Å². The molecule has 0 aliphatic carbocycles. The van der Waals surface area contributed by atoms with Gasteiger partial charge in [-0.3, -0.25) is 4.79 Å². The summed E-state index contributed by atoms with van der Waals surface area (Å²) in [5, 5.41) is 17.6. The third-order valence-corrected chi connectivity index (χ3v) is 1.74. The maximum atomic E-state index is 10.7. The summed E-state index contributed by atoms with van der Waals surface area (Å²) >= 11 is 0. The molecule has 5 heteroatoms. The van der Waals surface area contributed by atoms with Crippen LogP contribution in [0.4, 0.5) is 0 Å². The lowest BCUT2D eigenvalue weighted by Gasteiger charge is -2.05. The van der Waals surface area contributed by atoms with Crippen molar-refractivity contribution in [2.45, 2.75) is 6.10 Å². The molecule has 1 unspecified atom stereocenters. The van der Waals surface area contributed by atoms with Gasteiger partial charge < -0.3 is 15.9 Å². The number of primary amides is 1. The van der Waals surface area contributed by atoms with Crippen molar-refractivity contribution in [2.75, 3.05) is 0 Å². The molecule has 0 heterocycles. The molecule has 0 saturated heterocycles. The van der Waals surface area contributed by atoms with E-state index in [1.165, 1.54) is 24.3 Å². The number of aliphatic carboxylic acids is 1. The van der Waals surface area contributed by atoms with Gasteiger partial charge in [-0.1, -0.05) is 12.1 Å². The lowest BCUT2D eigenvalue weighted by atomic mass is 10.1. The first-order chi connectivity index (χ1) is 6.52. The van der Waals surface area contributed by atoms with Crippen molar-refractivity contribution in [3.05, 3.63) is 35.4 Å². The number of aliphatic hydroxyl groups is 1. The number of carbonyl (C=O) groups excluding carboxylic acids is 1. The zero-order valence-electron chi connectivity index (χ0n) is 7.18. The average molecular weight is 195 g/mol. The first kappa shape index (κ1) is 10.2. The standard InChI is InChI=1S/C9H9NO4/c10-8(12)6-3-1-5(2-4-6)7(11)9(13)14/h1-4,7,11H,(H2,10,12)(H,13,14). The molecule has 0 aliphatic rings. The van der Waals surface area contributed by atoms with Crippen molar-refractivity contribution in [1.82, 2.24) is 0 Å². The number of amides is 1. The van der Waals surface area contributed by atoms with Gasteiger partial charge in [-0.05, 0) is 17.7 Å². The van der Waals surface area contributed by atoms with Crippen molar-refractivity contribution >= 4 is 11.9 Å². The number of rotatable bonds is 3. The molecule has 1 atom stereocenters. The van der Waals surface area contributed by atoms with Crippen LogP contribution in [-0.2, 0) is 4.79 Å². The minimum atomic E-state index is -1.57. The van der Waals surface area contributed by atoms with Gasteiger partial charge in [0.25, 0.3) is 0 Å². The third kappa shape index (κ3) is 2.08. The number of benzene rings is 1. The molecule has 1 amide bonds. The summed E-state index contributed by atoms with van der Waals surface area (Å²) in [4.78, 5) is 21.0. The normalized spacial score (nSPS) is 12.1. The van der Waals surface area contributed by atoms with Gasteiger partial charge in [-0.2, -0.15) is 0 Å². The predicted molar refractivity (Wildman–Crippen MR) is 47.6 cm³/mol. The van der Waals surface area contributed by atoms with Crippen LogP contribution in [-0.4, -0.2) is 22.1 Å². The second-order valence-corrected chi connectivity index (χ2v) is 2.73. The summed E-state index contributed by atoms with van der Waals surface area (Å²) in [7, 11) is 0. The zero-order chi connectivity index (χ0) is 10.7. The lowest BCUT2D eigenvalue weighted by molar-refractivity contribution is -0.146. The molecule has 0 aliphatic heterocycles. The Morgan fingerprint density at radius 3 is 2.07 bits per heavy atom. The van der Waals surface area contributed by atoms with Gasteiger partial charge in [-0.15, -0.1) is 0 Å². The average Bonchev–Trinajstić information content (AvgIpc) is 2.16. The largest absolute Gasteiger partial charge is 0.479 e. The number of hydrogen-bond acceptors (Lipinski definition) is 3. The third-order valence-electron chi connectivity index (χ3n) is 1.74. The van der Waals surface area contributed by atoms with Crippen LogP contribution >= 0.6 is 0 Å². The first-order valence-corrected chi connectivity index (χ1v) is 3.83. The topological polar surface area (TPSA) is 101 Å². The highest BCUT2D eigenvalue weighted by Gasteiger charge is 2.15. The SMILES string of the molecule is NC(=O)c1ccc(C(O)C(=O)O)cc1. The van der Waals surface area contributed by atoms with Gasteiger partial charge in [0, 0.05) is 5.56 Å². The Morgan fingerprint density at radius 2 is 1.71 bits per heavy atom. The second kappa shape index (κ2) is 3.89. The number of carbonyl (C=O) groups is 2. The van der Waals surface area contributed by atoms with Crippen LogP contribution in [0.5, 0.6) is 0 Å². The van der Waals surface area contributed by atoms with E-state index in [1.54, 1.807) is 0 Å². The smallest absolute Gasteiger partial charge is 0.337 e. The van der Waals surface area contributed by atoms with E-state index in [2.05, 4.69) is 0 Å². The van der Waals surface area contributed by atoms with E-state index in [0.29, 0.717) is 0 Å². The molecule has 74 valence electrons. The predicted octanol–water partition coefficient (Wildman–Crippen LogP) is -0.0965. The fourth-order valence-corrected chi connectivity index (χ4v) is 0.972. The summed E-state index contributed by atoms with van der Waals surface area (Å²) in [5.74, 6) is -1.93. The Bertz CT molecular complexity index is 358. The Labute approximate surface area is 79.8 Å². The molecule has 1 aromatic rings. The quantitative estimate of drug-likeness (QED) is 0.627. The second-order valence-electron chi connectivity index (χ2n) is 2.73. The zero-order valence-corrected chi connectivity index (χ0v) is 7.18. The highest BCUT2D eigenvalue weighted by Crippen LogP contribution is 2.13. The van der Waals surface area contributed by atoms with Crippen LogP contribution in [0.25, 0.3) is 0 Å². The van der Waals surface area contributed by atoms with E-state index in [0.717, 1.165) is 0 Å². The molecule has 0 saturated carbocycles. The van der Waals surface area contributed by atoms with E-state index in [9.17, 15) is 9.59 Å². The van der Waals surface area contributed by atoms with E-state index in [-0.39, 0.29) is 11.1 Å². The molecular formula is C9H9NO4. The summed E-state index contributed by atoms with van der Waals surface area (Å²) in [5.41, 5.74) is 5.46. The monoisotopic (exact) mass is 195 g/mol. The summed E-state index contributed by atoms with van der Waals surface area (Å²) < 4.78 is 0. The van der Waals surface area contributed by atoms with E-state index >= 15 is 0 Å². The van der Waals surface area contributed by atoms with Gasteiger partial charge in [-0.25, -0.2) is 4.79 Å². The van der Waals surface area contributed by atoms with Crippen molar-refractivity contribution in [2.24, 2.45) is 5.73 Å². The molecule has 0 bridgehead atoms. The molecule has 0 radical (unpaired) electrons. The molecule has 5 nitrogen and oxygen atoms in total. The lowest BCUT2D eigenvalue weighted by Crippen LogP contribution is -2.13. The fourth-order valence-electron chi connectivity index (χ4n) is 0.972. The van der Waals surface area contributed by atoms with Gasteiger partial charge in [0.15, 0.2) is 6.10 Å². The maximum absolute atomic E-state index is 10.7. The van der Waals surface area contributed by atoms with Crippen LogP contribution in [0.1, 0.15) is 22.0 Å². The van der Waals surface area contributed by atoms with Crippen LogP contribution in [0, 0.1) is 0 Å². The van der Waals surface area contributed by atoms with Gasteiger partial charge in [0.2, 0.25) is 5.91 Å². The van der Waals surface area contributed by atoms with Gasteiger partial charge in [0.05, 0.1) is 0 Å². The van der Waals surface area contributed by atoms with Crippen LogP contribution in [0.2, 0.25) is 0 Å². The highest BCUT2D eigenvalue weighted by molar-refractivity contribution is 5.92.